The second kappa shape index (κ2) is 7.44. The minimum absolute atomic E-state index is 0.203. The Morgan fingerprint density at radius 2 is 1.96 bits per heavy atom. The number of aryl methyl sites for hydroxylation is 2. The summed E-state index contributed by atoms with van der Waals surface area (Å²) in [4.78, 5) is 12.6. The van der Waals surface area contributed by atoms with E-state index in [1.54, 1.807) is 29.4 Å². The van der Waals surface area contributed by atoms with Gasteiger partial charge in [0.1, 0.15) is 5.02 Å². The van der Waals surface area contributed by atoms with Crippen molar-refractivity contribution in [3.63, 3.8) is 0 Å². The third-order valence-corrected chi connectivity index (χ3v) is 4.41. The van der Waals surface area contributed by atoms with Crippen LogP contribution >= 0.6 is 11.6 Å². The van der Waals surface area contributed by atoms with Crippen LogP contribution < -0.4 is 10.1 Å². The Labute approximate surface area is 162 Å². The van der Waals surface area contributed by atoms with E-state index in [9.17, 15) is 4.79 Å². The predicted molar refractivity (Wildman–Crippen MR) is 103 cm³/mol. The lowest BCUT2D eigenvalue weighted by Crippen LogP contribution is -2.46. The van der Waals surface area contributed by atoms with Gasteiger partial charge in [-0.05, 0) is 39.0 Å². The van der Waals surface area contributed by atoms with Gasteiger partial charge in [-0.3, -0.25) is 9.48 Å². The predicted octanol–water partition coefficient (Wildman–Crippen LogP) is 3.04. The molecule has 1 aromatic carbocycles. The minimum atomic E-state index is -1.15. The molecule has 1 N–H and O–H groups in total. The molecule has 0 radical (unpaired) electrons. The quantitative estimate of drug-likeness (QED) is 0.705. The van der Waals surface area contributed by atoms with Gasteiger partial charge in [0, 0.05) is 12.7 Å². The molecule has 3 aromatic rings. The highest BCUT2D eigenvalue weighted by Gasteiger charge is 2.32. The Kier molecular flexibility index (Phi) is 5.23. The fourth-order valence-corrected chi connectivity index (χ4v) is 2.68. The van der Waals surface area contributed by atoms with E-state index in [4.69, 9.17) is 16.3 Å². The van der Waals surface area contributed by atoms with Gasteiger partial charge in [0.25, 0.3) is 11.8 Å². The number of hydrogen-bond donors (Lipinski definition) is 1. The number of para-hydroxylation sites is 1. The third kappa shape index (κ3) is 4.31. The number of carbonyl (C=O) groups is 1. The van der Waals surface area contributed by atoms with E-state index in [2.05, 4.69) is 15.5 Å². The van der Waals surface area contributed by atoms with Crippen LogP contribution in [0.2, 0.25) is 5.02 Å². The molecule has 3 rings (SSSR count). The van der Waals surface area contributed by atoms with Crippen LogP contribution in [0.4, 0.5) is 0 Å². The molecule has 0 bridgehead atoms. The fourth-order valence-electron chi connectivity index (χ4n) is 2.51. The van der Waals surface area contributed by atoms with E-state index in [1.165, 1.54) is 0 Å². The topological polar surface area (TPSA) is 74.0 Å². The number of aromatic nitrogens is 4. The van der Waals surface area contributed by atoms with E-state index in [0.29, 0.717) is 11.6 Å². The molecule has 8 heteroatoms. The number of amides is 1. The number of halogens is 1. The summed E-state index contributed by atoms with van der Waals surface area (Å²) in [6.45, 7) is 5.61. The first-order valence-corrected chi connectivity index (χ1v) is 8.91. The van der Waals surface area contributed by atoms with Gasteiger partial charge in [-0.15, -0.1) is 5.10 Å². The Bertz CT molecular complexity index is 927. The van der Waals surface area contributed by atoms with Crippen molar-refractivity contribution < 1.29 is 9.53 Å². The number of benzene rings is 1. The van der Waals surface area contributed by atoms with Crippen molar-refractivity contribution in [2.45, 2.75) is 32.9 Å². The van der Waals surface area contributed by atoms with Crippen LogP contribution in [-0.2, 0) is 18.4 Å². The SMILES string of the molecule is Cc1cc(CNC(=O)C(C)(C)Oc2nn(-c3ccccc3)cc2Cl)nn1C. The monoisotopic (exact) mass is 387 g/mol. The zero-order valence-corrected chi connectivity index (χ0v) is 16.5. The molecular formula is C19H22ClN5O2. The summed E-state index contributed by atoms with van der Waals surface area (Å²) in [5.74, 6) is -0.0783. The Morgan fingerprint density at radius 3 is 2.59 bits per heavy atom. The van der Waals surface area contributed by atoms with Crippen LogP contribution in [-0.4, -0.2) is 31.1 Å². The molecule has 0 atom stereocenters. The third-order valence-electron chi connectivity index (χ3n) is 4.15. The van der Waals surface area contributed by atoms with Crippen molar-refractivity contribution in [3.05, 3.63) is 59.0 Å². The first-order chi connectivity index (χ1) is 12.8. The van der Waals surface area contributed by atoms with E-state index in [1.807, 2.05) is 50.4 Å². The van der Waals surface area contributed by atoms with Crippen molar-refractivity contribution in [1.29, 1.82) is 0 Å². The summed E-state index contributed by atoms with van der Waals surface area (Å²) in [5.41, 5.74) is 1.50. The average molecular weight is 388 g/mol. The Balaban J connectivity index is 1.68. The molecular weight excluding hydrogens is 366 g/mol. The molecule has 0 saturated heterocycles. The van der Waals surface area contributed by atoms with Gasteiger partial charge in [-0.1, -0.05) is 29.8 Å². The Morgan fingerprint density at radius 1 is 1.26 bits per heavy atom. The van der Waals surface area contributed by atoms with Crippen molar-refractivity contribution in [2.75, 3.05) is 0 Å². The lowest BCUT2D eigenvalue weighted by molar-refractivity contribution is -0.134. The number of carbonyl (C=O) groups excluding carboxylic acids is 1. The lowest BCUT2D eigenvalue weighted by atomic mass is 10.1. The van der Waals surface area contributed by atoms with Crippen LogP contribution in [0.15, 0.2) is 42.6 Å². The second-order valence-electron chi connectivity index (χ2n) is 6.76. The van der Waals surface area contributed by atoms with Gasteiger partial charge in [0.05, 0.1) is 24.1 Å². The first-order valence-electron chi connectivity index (χ1n) is 8.54. The lowest BCUT2D eigenvalue weighted by Gasteiger charge is -2.23. The molecule has 2 aromatic heterocycles. The molecule has 7 nitrogen and oxygen atoms in total. The van der Waals surface area contributed by atoms with E-state index < -0.39 is 5.60 Å². The summed E-state index contributed by atoms with van der Waals surface area (Å²) in [5, 5.41) is 11.8. The van der Waals surface area contributed by atoms with Crippen LogP contribution in [0.25, 0.3) is 5.69 Å². The highest BCUT2D eigenvalue weighted by atomic mass is 35.5. The van der Waals surface area contributed by atoms with Crippen molar-refractivity contribution in [2.24, 2.45) is 7.05 Å². The summed E-state index contributed by atoms with van der Waals surface area (Å²) < 4.78 is 9.19. The Hall–Kier alpha value is -2.80. The number of nitrogens with one attached hydrogen (secondary N) is 1. The van der Waals surface area contributed by atoms with Crippen LogP contribution in [0.5, 0.6) is 5.88 Å². The zero-order valence-electron chi connectivity index (χ0n) is 15.7. The minimum Gasteiger partial charge on any atom is -0.459 e. The first kappa shape index (κ1) is 19.0. The maximum atomic E-state index is 12.6. The standard InChI is InChI=1S/C19H22ClN5O2/c1-13-10-14(22-24(13)4)11-21-18(26)19(2,3)27-17-16(20)12-25(23-17)15-8-6-5-7-9-15/h5-10,12H,11H2,1-4H3,(H,21,26). The normalized spacial score (nSPS) is 11.4. The largest absolute Gasteiger partial charge is 0.459 e. The van der Waals surface area contributed by atoms with E-state index in [-0.39, 0.29) is 11.8 Å². The molecule has 0 aliphatic rings. The van der Waals surface area contributed by atoms with Crippen molar-refractivity contribution in [1.82, 2.24) is 24.9 Å². The number of nitrogens with zero attached hydrogens (tertiary/aromatic N) is 4. The summed E-state index contributed by atoms with van der Waals surface area (Å²) in [6, 6.07) is 11.5. The van der Waals surface area contributed by atoms with Crippen LogP contribution in [0, 0.1) is 6.92 Å². The molecule has 142 valence electrons. The van der Waals surface area contributed by atoms with E-state index in [0.717, 1.165) is 17.1 Å². The molecule has 2 heterocycles. The highest BCUT2D eigenvalue weighted by molar-refractivity contribution is 6.31. The smallest absolute Gasteiger partial charge is 0.263 e. The molecule has 0 aliphatic heterocycles. The maximum Gasteiger partial charge on any atom is 0.263 e. The van der Waals surface area contributed by atoms with Crippen molar-refractivity contribution >= 4 is 17.5 Å². The van der Waals surface area contributed by atoms with Gasteiger partial charge in [-0.25, -0.2) is 4.68 Å². The number of ether oxygens (including phenoxy) is 1. The number of rotatable bonds is 6. The van der Waals surface area contributed by atoms with Gasteiger partial charge in [0.15, 0.2) is 5.60 Å². The number of hydrogen-bond acceptors (Lipinski definition) is 4. The second-order valence-corrected chi connectivity index (χ2v) is 7.17. The van der Waals surface area contributed by atoms with Gasteiger partial charge in [-0.2, -0.15) is 5.10 Å². The average Bonchev–Trinajstić information content (AvgIpc) is 3.15. The molecule has 0 saturated carbocycles. The highest BCUT2D eigenvalue weighted by Crippen LogP contribution is 2.27. The molecule has 0 aliphatic carbocycles. The summed E-state index contributed by atoms with van der Waals surface area (Å²) in [6.07, 6.45) is 1.65. The fraction of sp³-hybridized carbons (Fsp3) is 0.316. The van der Waals surface area contributed by atoms with Crippen molar-refractivity contribution in [3.8, 4) is 11.6 Å². The molecule has 27 heavy (non-hydrogen) atoms. The molecule has 0 unspecified atom stereocenters. The molecule has 1 amide bonds. The molecule has 0 fully saturated rings. The molecule has 0 spiro atoms. The van der Waals surface area contributed by atoms with Gasteiger partial charge < -0.3 is 10.1 Å². The van der Waals surface area contributed by atoms with Crippen LogP contribution in [0.1, 0.15) is 25.2 Å². The van der Waals surface area contributed by atoms with Gasteiger partial charge in [0.2, 0.25) is 0 Å². The van der Waals surface area contributed by atoms with Gasteiger partial charge >= 0.3 is 0 Å². The van der Waals surface area contributed by atoms with E-state index >= 15 is 0 Å². The zero-order chi connectivity index (χ0) is 19.6. The van der Waals surface area contributed by atoms with Crippen LogP contribution in [0.3, 0.4) is 0 Å². The summed E-state index contributed by atoms with van der Waals surface area (Å²) >= 11 is 6.25. The maximum absolute atomic E-state index is 12.6. The summed E-state index contributed by atoms with van der Waals surface area (Å²) in [7, 11) is 1.86.